The number of rotatable bonds is 4. The predicted octanol–water partition coefficient (Wildman–Crippen LogP) is 2.05. The molecule has 1 aliphatic rings. The number of hydrogen-bond acceptors (Lipinski definition) is 4. The van der Waals surface area contributed by atoms with Crippen molar-refractivity contribution in [1.29, 1.82) is 0 Å². The Bertz CT molecular complexity index is 650. The second-order valence-electron chi connectivity index (χ2n) is 4.87. The normalized spacial score (nSPS) is 22.2. The molecule has 0 heterocycles. The Morgan fingerprint density at radius 1 is 1.43 bits per heavy atom. The molecule has 0 bridgehead atoms. The Kier molecular flexibility index (Phi) is 4.85. The van der Waals surface area contributed by atoms with Gasteiger partial charge in [-0.2, -0.15) is 0 Å². The fourth-order valence-corrected chi connectivity index (χ4v) is 3.38. The summed E-state index contributed by atoms with van der Waals surface area (Å²) in [6.07, 6.45) is 2.51. The van der Waals surface area contributed by atoms with Gasteiger partial charge in [0.05, 0.1) is 12.1 Å². The first-order valence-electron chi connectivity index (χ1n) is 6.41. The summed E-state index contributed by atoms with van der Waals surface area (Å²) in [5, 5.41) is 2.77. The van der Waals surface area contributed by atoms with Crippen LogP contribution in [0.2, 0.25) is 0 Å². The molecule has 2 unspecified atom stereocenters. The number of hydrogen-bond donors (Lipinski definition) is 1. The Morgan fingerprint density at radius 2 is 2.14 bits per heavy atom. The van der Waals surface area contributed by atoms with Crippen LogP contribution in [0, 0.1) is 5.82 Å². The first-order chi connectivity index (χ1) is 9.82. The van der Waals surface area contributed by atoms with Crippen LogP contribution < -0.4 is 5.32 Å². The molecule has 0 saturated heterocycles. The summed E-state index contributed by atoms with van der Waals surface area (Å²) >= 11 is 0. The second-order valence-corrected chi connectivity index (χ2v) is 7.40. The van der Waals surface area contributed by atoms with E-state index in [-0.39, 0.29) is 17.7 Å². The molecule has 0 aromatic heterocycles. The third-order valence-corrected chi connectivity index (χ3v) is 4.86. The molecule has 1 aromatic rings. The first kappa shape index (κ1) is 16.2. The third-order valence-electron chi connectivity index (χ3n) is 3.53. The Morgan fingerprint density at radius 3 is 2.76 bits per heavy atom. The average molecular weight is 336 g/mol. The van der Waals surface area contributed by atoms with Crippen molar-refractivity contribution in [1.82, 2.24) is 5.32 Å². The van der Waals surface area contributed by atoms with Gasteiger partial charge < -0.3 is 10.1 Å². The highest BCUT2D eigenvalue weighted by Gasteiger charge is 2.29. The maximum absolute atomic E-state index is 13.4. The van der Waals surface area contributed by atoms with Crippen LogP contribution in [0.15, 0.2) is 23.1 Å². The summed E-state index contributed by atoms with van der Waals surface area (Å²) in [4.78, 5) is 11.4. The molecule has 2 rings (SSSR count). The van der Waals surface area contributed by atoms with Crippen LogP contribution in [0.4, 0.5) is 4.39 Å². The van der Waals surface area contributed by atoms with Crippen molar-refractivity contribution in [2.45, 2.75) is 36.3 Å². The van der Waals surface area contributed by atoms with Crippen LogP contribution >= 0.6 is 10.7 Å². The number of halogens is 2. The van der Waals surface area contributed by atoms with E-state index in [2.05, 4.69) is 5.32 Å². The van der Waals surface area contributed by atoms with Gasteiger partial charge in [0.25, 0.3) is 15.0 Å². The lowest BCUT2D eigenvalue weighted by atomic mass is 10.1. The molecule has 0 radical (unpaired) electrons. The molecule has 1 saturated carbocycles. The van der Waals surface area contributed by atoms with E-state index in [4.69, 9.17) is 15.4 Å². The number of carbonyl (C=O) groups is 1. The van der Waals surface area contributed by atoms with Gasteiger partial charge in [-0.15, -0.1) is 0 Å². The zero-order valence-electron chi connectivity index (χ0n) is 11.3. The molecule has 2 atom stereocenters. The Labute approximate surface area is 126 Å². The van der Waals surface area contributed by atoms with E-state index in [1.54, 1.807) is 7.11 Å². The van der Waals surface area contributed by atoms with E-state index >= 15 is 0 Å². The van der Waals surface area contributed by atoms with Crippen LogP contribution in [-0.2, 0) is 13.8 Å². The topological polar surface area (TPSA) is 72.5 Å². The summed E-state index contributed by atoms with van der Waals surface area (Å²) < 4.78 is 41.2. The van der Waals surface area contributed by atoms with Crippen LogP contribution in [0.3, 0.4) is 0 Å². The number of methoxy groups -OCH3 is 1. The monoisotopic (exact) mass is 335 g/mol. The molecule has 8 heteroatoms. The fraction of sp³-hybridized carbons (Fsp3) is 0.462. The Balaban J connectivity index is 2.20. The number of carbonyl (C=O) groups excluding carboxylic acids is 1. The maximum Gasteiger partial charge on any atom is 0.264 e. The molecule has 1 aliphatic carbocycles. The highest BCUT2D eigenvalue weighted by atomic mass is 35.7. The van der Waals surface area contributed by atoms with Crippen LogP contribution in [0.5, 0.6) is 0 Å². The van der Waals surface area contributed by atoms with E-state index in [9.17, 15) is 17.6 Å². The van der Waals surface area contributed by atoms with Crippen molar-refractivity contribution in [3.05, 3.63) is 29.6 Å². The van der Waals surface area contributed by atoms with E-state index in [1.165, 1.54) is 6.07 Å². The van der Waals surface area contributed by atoms with E-state index < -0.39 is 25.7 Å². The molecule has 1 aromatic carbocycles. The summed E-state index contributed by atoms with van der Waals surface area (Å²) in [6, 6.07) is 2.92. The quantitative estimate of drug-likeness (QED) is 0.855. The lowest BCUT2D eigenvalue weighted by Gasteiger charge is -2.19. The molecule has 21 heavy (non-hydrogen) atoms. The van der Waals surface area contributed by atoms with Gasteiger partial charge in [0, 0.05) is 23.4 Å². The molecule has 1 amide bonds. The van der Waals surface area contributed by atoms with Gasteiger partial charge in [-0.25, -0.2) is 12.8 Å². The third kappa shape index (κ3) is 3.72. The van der Waals surface area contributed by atoms with Gasteiger partial charge in [-0.3, -0.25) is 4.79 Å². The predicted molar refractivity (Wildman–Crippen MR) is 75.3 cm³/mol. The van der Waals surface area contributed by atoms with Crippen molar-refractivity contribution in [3.63, 3.8) is 0 Å². The molecule has 0 aliphatic heterocycles. The van der Waals surface area contributed by atoms with Gasteiger partial charge in [-0.1, -0.05) is 0 Å². The molecule has 1 N–H and O–H groups in total. The number of benzene rings is 1. The van der Waals surface area contributed by atoms with Crippen molar-refractivity contribution in [3.8, 4) is 0 Å². The smallest absolute Gasteiger partial charge is 0.264 e. The van der Waals surface area contributed by atoms with Gasteiger partial charge in [-0.05, 0) is 37.5 Å². The second kappa shape index (κ2) is 6.29. The van der Waals surface area contributed by atoms with E-state index in [0.29, 0.717) is 0 Å². The van der Waals surface area contributed by atoms with Crippen molar-refractivity contribution in [2.75, 3.05) is 7.11 Å². The minimum atomic E-state index is -4.24. The maximum atomic E-state index is 13.4. The molecule has 1 fully saturated rings. The number of ether oxygens (including phenoxy) is 1. The summed E-state index contributed by atoms with van der Waals surface area (Å²) in [7, 11) is 2.47. The van der Waals surface area contributed by atoms with Crippen LogP contribution in [-0.4, -0.2) is 33.6 Å². The van der Waals surface area contributed by atoms with Gasteiger partial charge in [0.1, 0.15) is 10.7 Å². The van der Waals surface area contributed by atoms with Gasteiger partial charge in [0.15, 0.2) is 0 Å². The summed E-state index contributed by atoms with van der Waals surface area (Å²) in [5.74, 6) is -1.47. The number of amides is 1. The molecule has 0 spiro atoms. The average Bonchev–Trinajstić information content (AvgIpc) is 2.85. The molecular formula is C13H15ClFNO4S. The Hall–Kier alpha value is -1.18. The highest BCUT2D eigenvalue weighted by molar-refractivity contribution is 8.13. The van der Waals surface area contributed by atoms with Crippen LogP contribution in [0.1, 0.15) is 29.6 Å². The fourth-order valence-electron chi connectivity index (χ4n) is 2.46. The zero-order chi connectivity index (χ0) is 15.6. The minimum Gasteiger partial charge on any atom is -0.379 e. The van der Waals surface area contributed by atoms with Gasteiger partial charge in [0.2, 0.25) is 0 Å². The summed E-state index contributed by atoms with van der Waals surface area (Å²) in [5.41, 5.74) is 0.0392. The largest absolute Gasteiger partial charge is 0.379 e. The van der Waals surface area contributed by atoms with Crippen molar-refractivity contribution in [2.24, 2.45) is 0 Å². The SMILES string of the molecule is COC1CCCC1NC(=O)c1ccc(F)c(S(=O)(=O)Cl)c1. The zero-order valence-corrected chi connectivity index (χ0v) is 12.9. The van der Waals surface area contributed by atoms with Crippen molar-refractivity contribution >= 4 is 25.6 Å². The summed E-state index contributed by atoms with van der Waals surface area (Å²) in [6.45, 7) is 0. The molecular weight excluding hydrogens is 321 g/mol. The van der Waals surface area contributed by atoms with E-state index in [0.717, 1.165) is 31.4 Å². The van der Waals surface area contributed by atoms with Crippen LogP contribution in [0.25, 0.3) is 0 Å². The minimum absolute atomic E-state index is 0.0392. The lowest BCUT2D eigenvalue weighted by Crippen LogP contribution is -2.40. The highest BCUT2D eigenvalue weighted by Crippen LogP contribution is 2.23. The first-order valence-corrected chi connectivity index (χ1v) is 8.71. The van der Waals surface area contributed by atoms with Gasteiger partial charge >= 0.3 is 0 Å². The van der Waals surface area contributed by atoms with E-state index in [1.807, 2.05) is 0 Å². The molecule has 5 nitrogen and oxygen atoms in total. The van der Waals surface area contributed by atoms with Crippen molar-refractivity contribution < 1.29 is 22.3 Å². The molecule has 116 valence electrons. The standard InChI is InChI=1S/C13H15ClFNO4S/c1-20-11-4-2-3-10(11)16-13(17)8-5-6-9(15)12(7-8)21(14,18)19/h5-7,10-11H,2-4H2,1H3,(H,16,17). The number of nitrogens with one attached hydrogen (secondary N) is 1. The lowest BCUT2D eigenvalue weighted by molar-refractivity contribution is 0.0722.